The van der Waals surface area contributed by atoms with Gasteiger partial charge in [-0.25, -0.2) is 8.78 Å². The molecule has 0 N–H and O–H groups in total. The Morgan fingerprint density at radius 1 is 1.17 bits per heavy atom. The van der Waals surface area contributed by atoms with Crippen LogP contribution in [0.15, 0.2) is 16.6 Å². The Morgan fingerprint density at radius 3 is 2.22 bits per heavy atom. The second-order valence-electron chi connectivity index (χ2n) is 3.44. The molecule has 0 aromatic heterocycles. The van der Waals surface area contributed by atoms with Gasteiger partial charge in [-0.3, -0.25) is 4.57 Å². The van der Waals surface area contributed by atoms with Crippen molar-refractivity contribution in [3.05, 3.63) is 33.8 Å². The molecule has 102 valence electrons. The van der Waals surface area contributed by atoms with Crippen molar-refractivity contribution in [2.24, 2.45) is 0 Å². The molecular weight excluding hydrogens is 329 g/mol. The molecule has 0 saturated carbocycles. The monoisotopic (exact) mass is 342 g/mol. The van der Waals surface area contributed by atoms with E-state index in [0.29, 0.717) is 0 Å². The van der Waals surface area contributed by atoms with Gasteiger partial charge in [-0.1, -0.05) is 6.07 Å². The summed E-state index contributed by atoms with van der Waals surface area (Å²) in [5.74, 6) is -2.05. The fourth-order valence-corrected chi connectivity index (χ4v) is 3.43. The molecule has 1 aromatic rings. The summed E-state index contributed by atoms with van der Waals surface area (Å²) in [6.45, 7) is 3.67. The highest BCUT2D eigenvalue weighted by Crippen LogP contribution is 2.51. The highest BCUT2D eigenvalue weighted by atomic mass is 79.9. The zero-order valence-electron chi connectivity index (χ0n) is 10.1. The number of hydrogen-bond acceptors (Lipinski definition) is 3. The van der Waals surface area contributed by atoms with E-state index in [1.165, 1.54) is 12.1 Å². The van der Waals surface area contributed by atoms with Gasteiger partial charge in [0.25, 0.3) is 0 Å². The van der Waals surface area contributed by atoms with E-state index < -0.39 is 19.2 Å². The second kappa shape index (κ2) is 6.75. The van der Waals surface area contributed by atoms with Crippen molar-refractivity contribution in [2.45, 2.75) is 20.0 Å². The molecule has 0 spiro atoms. The quantitative estimate of drug-likeness (QED) is 0.564. The molecule has 0 saturated heterocycles. The zero-order valence-corrected chi connectivity index (χ0v) is 12.6. The van der Waals surface area contributed by atoms with Crippen molar-refractivity contribution in [1.82, 2.24) is 0 Å². The molecule has 7 heteroatoms. The van der Waals surface area contributed by atoms with Crippen LogP contribution in [-0.2, 0) is 19.8 Å². The van der Waals surface area contributed by atoms with E-state index in [4.69, 9.17) is 9.05 Å². The lowest BCUT2D eigenvalue weighted by Gasteiger charge is -2.17. The van der Waals surface area contributed by atoms with Gasteiger partial charge in [0.1, 0.15) is 0 Å². The summed E-state index contributed by atoms with van der Waals surface area (Å²) in [5, 5.41) is 0. The smallest absolute Gasteiger partial charge is 0.309 e. The normalized spacial score (nSPS) is 11.8. The molecule has 0 aliphatic carbocycles. The van der Waals surface area contributed by atoms with Gasteiger partial charge in [0.2, 0.25) is 0 Å². The SMILES string of the molecule is CCOP(=O)(Cc1ccc(Br)c(F)c1F)OCC. The molecule has 1 rings (SSSR count). The maximum absolute atomic E-state index is 13.6. The third-order valence-electron chi connectivity index (χ3n) is 2.13. The topological polar surface area (TPSA) is 35.5 Å². The molecule has 1 aromatic carbocycles. The number of rotatable bonds is 6. The van der Waals surface area contributed by atoms with Crippen LogP contribution in [0.2, 0.25) is 0 Å². The number of benzene rings is 1. The summed E-state index contributed by atoms with van der Waals surface area (Å²) >= 11 is 2.87. The molecule has 0 amide bonds. The molecule has 0 atom stereocenters. The van der Waals surface area contributed by atoms with Crippen LogP contribution in [0.4, 0.5) is 8.78 Å². The Labute approximate surface area is 113 Å². The Morgan fingerprint density at radius 2 is 1.72 bits per heavy atom. The summed E-state index contributed by atoms with van der Waals surface area (Å²) in [6.07, 6.45) is -0.287. The molecule has 0 aliphatic rings. The maximum Gasteiger partial charge on any atom is 0.335 e. The molecule has 0 bridgehead atoms. The molecule has 0 fully saturated rings. The highest BCUT2D eigenvalue weighted by Gasteiger charge is 2.27. The fraction of sp³-hybridized carbons (Fsp3) is 0.455. The van der Waals surface area contributed by atoms with Crippen molar-refractivity contribution >= 4 is 23.5 Å². The van der Waals surface area contributed by atoms with Crippen molar-refractivity contribution < 1.29 is 22.4 Å². The average Bonchev–Trinajstić information content (AvgIpc) is 2.31. The molecule has 0 radical (unpaired) electrons. The largest absolute Gasteiger partial charge is 0.335 e. The lowest BCUT2D eigenvalue weighted by Crippen LogP contribution is -2.02. The number of hydrogen-bond donors (Lipinski definition) is 0. The van der Waals surface area contributed by atoms with Gasteiger partial charge in [-0.05, 0) is 35.8 Å². The molecule has 18 heavy (non-hydrogen) atoms. The van der Waals surface area contributed by atoms with Crippen LogP contribution in [0.3, 0.4) is 0 Å². The van der Waals surface area contributed by atoms with Gasteiger partial charge in [0.05, 0.1) is 23.8 Å². The van der Waals surface area contributed by atoms with E-state index in [-0.39, 0.29) is 29.4 Å². The molecule has 0 unspecified atom stereocenters. The average molecular weight is 343 g/mol. The minimum absolute atomic E-state index is 0.0198. The van der Waals surface area contributed by atoms with Gasteiger partial charge >= 0.3 is 7.60 Å². The van der Waals surface area contributed by atoms with Gasteiger partial charge in [0.15, 0.2) is 11.6 Å². The number of halogens is 3. The fourth-order valence-electron chi connectivity index (χ4n) is 1.42. The Hall–Kier alpha value is -0.290. The van der Waals surface area contributed by atoms with Crippen LogP contribution in [0.5, 0.6) is 0 Å². The predicted octanol–water partition coefficient (Wildman–Crippen LogP) is 4.49. The van der Waals surface area contributed by atoms with Crippen LogP contribution < -0.4 is 0 Å². The first kappa shape index (κ1) is 15.8. The Balaban J connectivity index is 3.01. The maximum atomic E-state index is 13.6. The molecule has 0 aliphatic heterocycles. The van der Waals surface area contributed by atoms with Crippen molar-refractivity contribution in [3.63, 3.8) is 0 Å². The summed E-state index contributed by atoms with van der Waals surface area (Å²) in [5.41, 5.74) is -0.0269. The summed E-state index contributed by atoms with van der Waals surface area (Å²) in [4.78, 5) is 0. The van der Waals surface area contributed by atoms with E-state index in [1.807, 2.05) is 0 Å². The summed E-state index contributed by atoms with van der Waals surface area (Å²) in [6, 6.07) is 2.71. The molecular formula is C11H14BrF2O3P. The van der Waals surface area contributed by atoms with Crippen LogP contribution in [-0.4, -0.2) is 13.2 Å². The summed E-state index contributed by atoms with van der Waals surface area (Å²) < 4.78 is 49.2. The van der Waals surface area contributed by atoms with Gasteiger partial charge in [0, 0.05) is 5.56 Å². The van der Waals surface area contributed by atoms with E-state index in [0.717, 1.165) is 0 Å². The third kappa shape index (κ3) is 3.85. The van der Waals surface area contributed by atoms with Crippen LogP contribution in [0, 0.1) is 11.6 Å². The first-order valence-electron chi connectivity index (χ1n) is 5.44. The van der Waals surface area contributed by atoms with Gasteiger partial charge in [-0.15, -0.1) is 0 Å². The van der Waals surface area contributed by atoms with Gasteiger partial charge in [-0.2, -0.15) is 0 Å². The van der Waals surface area contributed by atoms with E-state index in [2.05, 4.69) is 15.9 Å². The second-order valence-corrected chi connectivity index (χ2v) is 6.35. The highest BCUT2D eigenvalue weighted by molar-refractivity contribution is 9.10. The Kier molecular flexibility index (Phi) is 5.92. The van der Waals surface area contributed by atoms with E-state index in [9.17, 15) is 13.3 Å². The standard InChI is InChI=1S/C11H14BrF2O3P/c1-3-16-18(15,17-4-2)7-8-5-6-9(12)11(14)10(8)13/h5-6H,3-4,7H2,1-2H3. The van der Waals surface area contributed by atoms with Crippen LogP contribution in [0.25, 0.3) is 0 Å². The Bertz CT molecular complexity index is 458. The first-order valence-corrected chi connectivity index (χ1v) is 7.96. The third-order valence-corrected chi connectivity index (χ3v) is 4.77. The van der Waals surface area contributed by atoms with E-state index >= 15 is 0 Å². The van der Waals surface area contributed by atoms with E-state index in [1.54, 1.807) is 13.8 Å². The van der Waals surface area contributed by atoms with Gasteiger partial charge < -0.3 is 9.05 Å². The first-order chi connectivity index (χ1) is 8.43. The zero-order chi connectivity index (χ0) is 13.8. The van der Waals surface area contributed by atoms with Crippen LogP contribution >= 0.6 is 23.5 Å². The van der Waals surface area contributed by atoms with Crippen LogP contribution in [0.1, 0.15) is 19.4 Å². The minimum Gasteiger partial charge on any atom is -0.309 e. The van der Waals surface area contributed by atoms with Crippen molar-refractivity contribution in [1.29, 1.82) is 0 Å². The molecule has 3 nitrogen and oxygen atoms in total. The lowest BCUT2D eigenvalue weighted by molar-refractivity contribution is 0.219. The van der Waals surface area contributed by atoms with Crippen molar-refractivity contribution in [3.8, 4) is 0 Å². The lowest BCUT2D eigenvalue weighted by atomic mass is 10.2. The minimum atomic E-state index is -3.43. The predicted molar refractivity (Wildman–Crippen MR) is 68.6 cm³/mol. The van der Waals surface area contributed by atoms with Crippen molar-refractivity contribution in [2.75, 3.05) is 13.2 Å². The summed E-state index contributed by atoms with van der Waals surface area (Å²) in [7, 11) is -3.43. The molecule has 0 heterocycles.